The van der Waals surface area contributed by atoms with Crippen molar-refractivity contribution < 1.29 is 9.53 Å². The maximum absolute atomic E-state index is 13.1. The number of ketones is 1. The molecular weight excluding hydrogens is 373 g/mol. The molecule has 1 heterocycles. The van der Waals surface area contributed by atoms with Crippen LogP contribution in [0, 0.1) is 0 Å². The molecule has 0 aliphatic carbocycles. The van der Waals surface area contributed by atoms with Gasteiger partial charge in [-0.05, 0) is 25.1 Å². The highest BCUT2D eigenvalue weighted by Gasteiger charge is 2.20. The summed E-state index contributed by atoms with van der Waals surface area (Å²) >= 11 is 12.2. The SMILES string of the molecule is CCOCc1nnc(CCl)n1-c1ccc(Cl)cc1C(=O)c1ccccc1. The van der Waals surface area contributed by atoms with Gasteiger partial charge in [0.25, 0.3) is 0 Å². The lowest BCUT2D eigenvalue weighted by molar-refractivity contribution is 0.103. The molecule has 0 fully saturated rings. The second-order valence-electron chi connectivity index (χ2n) is 5.50. The predicted molar refractivity (Wildman–Crippen MR) is 101 cm³/mol. The Bertz CT molecular complexity index is 910. The molecule has 0 bridgehead atoms. The molecule has 0 aliphatic heterocycles. The molecule has 3 aromatic rings. The van der Waals surface area contributed by atoms with Crippen LogP contribution in [0.25, 0.3) is 5.69 Å². The molecule has 2 aromatic carbocycles. The number of alkyl halides is 1. The van der Waals surface area contributed by atoms with Crippen LogP contribution >= 0.6 is 23.2 Å². The minimum absolute atomic E-state index is 0.139. The molecule has 1 aromatic heterocycles. The average Bonchev–Trinajstić information content (AvgIpc) is 3.09. The van der Waals surface area contributed by atoms with Gasteiger partial charge in [-0.15, -0.1) is 21.8 Å². The minimum atomic E-state index is -0.139. The number of carbonyl (C=O) groups is 1. The zero-order chi connectivity index (χ0) is 18.5. The number of rotatable bonds is 7. The standard InChI is InChI=1S/C19H17Cl2N3O2/c1-2-26-12-18-23-22-17(11-20)24(18)16-9-8-14(21)10-15(16)19(25)13-6-4-3-5-7-13/h3-10H,2,11-12H2,1H3. The second-order valence-corrected chi connectivity index (χ2v) is 6.20. The Morgan fingerprint density at radius 1 is 1.12 bits per heavy atom. The summed E-state index contributed by atoms with van der Waals surface area (Å²) in [4.78, 5) is 13.1. The van der Waals surface area contributed by atoms with Gasteiger partial charge in [-0.1, -0.05) is 41.9 Å². The first-order valence-electron chi connectivity index (χ1n) is 8.12. The van der Waals surface area contributed by atoms with Crippen molar-refractivity contribution in [1.82, 2.24) is 14.8 Å². The quantitative estimate of drug-likeness (QED) is 0.443. The van der Waals surface area contributed by atoms with Gasteiger partial charge in [0.1, 0.15) is 6.61 Å². The maximum Gasteiger partial charge on any atom is 0.195 e. The van der Waals surface area contributed by atoms with E-state index in [-0.39, 0.29) is 18.3 Å². The number of benzene rings is 2. The largest absolute Gasteiger partial charge is 0.374 e. The van der Waals surface area contributed by atoms with Crippen LogP contribution < -0.4 is 0 Å². The summed E-state index contributed by atoms with van der Waals surface area (Å²) in [5.41, 5.74) is 1.65. The molecule has 5 nitrogen and oxygen atoms in total. The van der Waals surface area contributed by atoms with E-state index >= 15 is 0 Å². The number of nitrogens with zero attached hydrogens (tertiary/aromatic N) is 3. The van der Waals surface area contributed by atoms with Gasteiger partial charge in [-0.2, -0.15) is 0 Å². The monoisotopic (exact) mass is 389 g/mol. The summed E-state index contributed by atoms with van der Waals surface area (Å²) < 4.78 is 7.23. The number of halogens is 2. The van der Waals surface area contributed by atoms with Crippen LogP contribution in [-0.4, -0.2) is 27.2 Å². The van der Waals surface area contributed by atoms with Crippen molar-refractivity contribution in [2.75, 3.05) is 6.61 Å². The molecular formula is C19H17Cl2N3O2. The zero-order valence-electron chi connectivity index (χ0n) is 14.2. The lowest BCUT2D eigenvalue weighted by Crippen LogP contribution is -2.12. The Balaban J connectivity index is 2.15. The molecule has 134 valence electrons. The van der Waals surface area contributed by atoms with Crippen molar-refractivity contribution >= 4 is 29.0 Å². The molecule has 0 unspecified atom stereocenters. The Kier molecular flexibility index (Phi) is 6.04. The van der Waals surface area contributed by atoms with Crippen molar-refractivity contribution in [2.24, 2.45) is 0 Å². The Morgan fingerprint density at radius 3 is 2.54 bits per heavy atom. The first kappa shape index (κ1) is 18.6. The third-order valence-electron chi connectivity index (χ3n) is 3.83. The molecule has 7 heteroatoms. The van der Waals surface area contributed by atoms with Crippen molar-refractivity contribution in [3.8, 4) is 5.69 Å². The Hall–Kier alpha value is -2.21. The van der Waals surface area contributed by atoms with Crippen molar-refractivity contribution in [3.63, 3.8) is 0 Å². The summed E-state index contributed by atoms with van der Waals surface area (Å²) in [5.74, 6) is 1.12. The van der Waals surface area contributed by atoms with Crippen LogP contribution in [0.5, 0.6) is 0 Å². The van der Waals surface area contributed by atoms with E-state index in [1.165, 1.54) is 0 Å². The van der Waals surface area contributed by atoms with E-state index in [4.69, 9.17) is 27.9 Å². The van der Waals surface area contributed by atoms with E-state index < -0.39 is 0 Å². The number of hydrogen-bond donors (Lipinski definition) is 0. The topological polar surface area (TPSA) is 57.0 Å². The molecule has 0 saturated carbocycles. The molecule has 0 radical (unpaired) electrons. The second kappa shape index (κ2) is 8.45. The Morgan fingerprint density at radius 2 is 1.85 bits per heavy atom. The summed E-state index contributed by atoms with van der Waals surface area (Å²) in [7, 11) is 0. The van der Waals surface area contributed by atoms with Gasteiger partial charge in [0.2, 0.25) is 0 Å². The van der Waals surface area contributed by atoms with Gasteiger partial charge in [0.15, 0.2) is 17.4 Å². The summed E-state index contributed by atoms with van der Waals surface area (Å²) in [5, 5.41) is 8.74. The highest BCUT2D eigenvalue weighted by atomic mass is 35.5. The smallest absolute Gasteiger partial charge is 0.195 e. The van der Waals surface area contributed by atoms with Crippen LogP contribution in [0.2, 0.25) is 5.02 Å². The van der Waals surface area contributed by atoms with Gasteiger partial charge in [0, 0.05) is 22.8 Å². The number of ether oxygens (including phenoxy) is 1. The lowest BCUT2D eigenvalue weighted by Gasteiger charge is -2.14. The Labute approximate surface area is 161 Å². The number of hydrogen-bond acceptors (Lipinski definition) is 4. The molecule has 0 aliphatic rings. The van der Waals surface area contributed by atoms with E-state index in [0.29, 0.717) is 40.1 Å². The fourth-order valence-corrected chi connectivity index (χ4v) is 2.98. The van der Waals surface area contributed by atoms with Gasteiger partial charge in [0.05, 0.1) is 11.6 Å². The highest BCUT2D eigenvalue weighted by molar-refractivity contribution is 6.31. The molecule has 0 N–H and O–H groups in total. The molecule has 0 amide bonds. The van der Waals surface area contributed by atoms with Crippen LogP contribution in [0.1, 0.15) is 34.5 Å². The predicted octanol–water partition coefficient (Wildman–Crippen LogP) is 4.43. The van der Waals surface area contributed by atoms with E-state index in [9.17, 15) is 4.79 Å². The summed E-state index contributed by atoms with van der Waals surface area (Å²) in [6, 6.07) is 14.2. The van der Waals surface area contributed by atoms with Crippen molar-refractivity contribution in [2.45, 2.75) is 19.4 Å². The fraction of sp³-hybridized carbons (Fsp3) is 0.211. The highest BCUT2D eigenvalue weighted by Crippen LogP contribution is 2.25. The number of carbonyl (C=O) groups excluding carboxylic acids is 1. The van der Waals surface area contributed by atoms with E-state index in [2.05, 4.69) is 10.2 Å². The summed E-state index contributed by atoms with van der Waals surface area (Å²) in [6.07, 6.45) is 0. The van der Waals surface area contributed by atoms with Gasteiger partial charge >= 0.3 is 0 Å². The molecule has 3 rings (SSSR count). The van der Waals surface area contributed by atoms with Crippen LogP contribution in [0.4, 0.5) is 0 Å². The first-order valence-corrected chi connectivity index (χ1v) is 9.03. The molecule has 0 saturated heterocycles. The molecule has 0 spiro atoms. The number of aromatic nitrogens is 3. The third-order valence-corrected chi connectivity index (χ3v) is 4.31. The molecule has 0 atom stereocenters. The first-order chi connectivity index (χ1) is 12.7. The minimum Gasteiger partial charge on any atom is -0.374 e. The van der Waals surface area contributed by atoms with E-state index in [1.807, 2.05) is 25.1 Å². The van der Waals surface area contributed by atoms with Gasteiger partial charge < -0.3 is 4.74 Å². The van der Waals surface area contributed by atoms with Crippen molar-refractivity contribution in [1.29, 1.82) is 0 Å². The van der Waals surface area contributed by atoms with Crippen molar-refractivity contribution in [3.05, 3.63) is 76.3 Å². The third kappa shape index (κ3) is 3.80. The molecule has 26 heavy (non-hydrogen) atoms. The van der Waals surface area contributed by atoms with E-state index in [0.717, 1.165) is 0 Å². The van der Waals surface area contributed by atoms with Gasteiger partial charge in [-0.25, -0.2) is 0 Å². The lowest BCUT2D eigenvalue weighted by atomic mass is 10.0. The maximum atomic E-state index is 13.1. The van der Waals surface area contributed by atoms with Gasteiger partial charge in [-0.3, -0.25) is 9.36 Å². The zero-order valence-corrected chi connectivity index (χ0v) is 15.7. The van der Waals surface area contributed by atoms with Crippen LogP contribution in [-0.2, 0) is 17.2 Å². The summed E-state index contributed by atoms with van der Waals surface area (Å²) in [6.45, 7) is 2.71. The van der Waals surface area contributed by atoms with E-state index in [1.54, 1.807) is 34.9 Å². The fourth-order valence-electron chi connectivity index (χ4n) is 2.64. The normalized spacial score (nSPS) is 10.9. The van der Waals surface area contributed by atoms with Crippen LogP contribution in [0.15, 0.2) is 48.5 Å². The average molecular weight is 390 g/mol. The van der Waals surface area contributed by atoms with Crippen LogP contribution in [0.3, 0.4) is 0 Å².